The summed E-state index contributed by atoms with van der Waals surface area (Å²) in [5, 5.41) is 3.17. The second kappa shape index (κ2) is 5.76. The lowest BCUT2D eigenvalue weighted by atomic mass is 9.94. The molecule has 1 aromatic carbocycles. The zero-order chi connectivity index (χ0) is 10.4. The molecule has 0 aliphatic carbocycles. The quantitative estimate of drug-likeness (QED) is 0.761. The molecule has 1 nitrogen and oxygen atoms in total. The number of halogens is 1. The van der Waals surface area contributed by atoms with E-state index in [1.165, 1.54) is 17.7 Å². The number of likely N-dealkylation sites (N-methyl/N-ethyl adjacent to an activating group) is 1. The molecule has 0 aliphatic heterocycles. The van der Waals surface area contributed by atoms with Gasteiger partial charge in [-0.2, -0.15) is 0 Å². The summed E-state index contributed by atoms with van der Waals surface area (Å²) in [4.78, 5) is 0. The van der Waals surface area contributed by atoms with Crippen molar-refractivity contribution in [3.63, 3.8) is 0 Å². The predicted octanol–water partition coefficient (Wildman–Crippen LogP) is 2.93. The van der Waals surface area contributed by atoms with Crippen molar-refractivity contribution >= 4 is 0 Å². The molecule has 1 N–H and O–H groups in total. The Kier molecular flexibility index (Phi) is 4.60. The molecule has 14 heavy (non-hydrogen) atoms. The van der Waals surface area contributed by atoms with Gasteiger partial charge in [0.25, 0.3) is 0 Å². The summed E-state index contributed by atoms with van der Waals surface area (Å²) in [5.41, 5.74) is 1.22. The molecule has 1 unspecified atom stereocenters. The fraction of sp³-hybridized carbons (Fsp3) is 0.500. The molecule has 0 aliphatic rings. The number of rotatable bonds is 5. The van der Waals surface area contributed by atoms with Crippen LogP contribution >= 0.6 is 0 Å². The zero-order valence-corrected chi connectivity index (χ0v) is 8.89. The van der Waals surface area contributed by atoms with Crippen LogP contribution in [0.3, 0.4) is 0 Å². The maximum Gasteiger partial charge on any atom is 0.123 e. The first kappa shape index (κ1) is 11.2. The Morgan fingerprint density at radius 3 is 2.43 bits per heavy atom. The first-order chi connectivity index (χ1) is 6.77. The summed E-state index contributed by atoms with van der Waals surface area (Å²) < 4.78 is 12.7. The third kappa shape index (κ3) is 3.11. The number of nitrogens with one attached hydrogen (secondary N) is 1. The number of hydrogen-bond acceptors (Lipinski definition) is 1. The van der Waals surface area contributed by atoms with Crippen LogP contribution in [0.25, 0.3) is 0 Å². The van der Waals surface area contributed by atoms with Crippen LogP contribution in [0, 0.1) is 5.82 Å². The van der Waals surface area contributed by atoms with Crippen molar-refractivity contribution in [2.24, 2.45) is 0 Å². The molecular formula is C12H18FN. The van der Waals surface area contributed by atoms with Gasteiger partial charge in [-0.15, -0.1) is 0 Å². The monoisotopic (exact) mass is 195 g/mol. The van der Waals surface area contributed by atoms with Gasteiger partial charge in [0.05, 0.1) is 0 Å². The van der Waals surface area contributed by atoms with E-state index in [4.69, 9.17) is 0 Å². The summed E-state index contributed by atoms with van der Waals surface area (Å²) in [7, 11) is 1.95. The Labute approximate surface area is 85.3 Å². The van der Waals surface area contributed by atoms with Crippen LogP contribution in [0.5, 0.6) is 0 Å². The molecule has 0 fully saturated rings. The lowest BCUT2D eigenvalue weighted by molar-refractivity contribution is 0.572. The molecule has 0 amide bonds. The summed E-state index contributed by atoms with van der Waals surface area (Å²) in [5.74, 6) is 0.346. The minimum atomic E-state index is -0.159. The van der Waals surface area contributed by atoms with Crippen molar-refractivity contribution in [2.75, 3.05) is 13.6 Å². The standard InChI is InChI=1S/C12H18FN/c1-3-4-11(9-14-2)10-5-7-12(13)8-6-10/h5-8,11,14H,3-4,9H2,1-2H3. The first-order valence-corrected chi connectivity index (χ1v) is 5.18. The highest BCUT2D eigenvalue weighted by atomic mass is 19.1. The molecule has 0 saturated carbocycles. The van der Waals surface area contributed by atoms with Gasteiger partial charge in [0, 0.05) is 6.54 Å². The fourth-order valence-electron chi connectivity index (χ4n) is 1.72. The fourth-order valence-corrected chi connectivity index (χ4v) is 1.72. The zero-order valence-electron chi connectivity index (χ0n) is 8.89. The molecule has 78 valence electrons. The summed E-state index contributed by atoms with van der Waals surface area (Å²) in [6.07, 6.45) is 2.30. The van der Waals surface area contributed by atoms with Gasteiger partial charge >= 0.3 is 0 Å². The van der Waals surface area contributed by atoms with Gasteiger partial charge in [-0.1, -0.05) is 25.5 Å². The van der Waals surface area contributed by atoms with Gasteiger partial charge in [-0.25, -0.2) is 4.39 Å². The lowest BCUT2D eigenvalue weighted by Crippen LogP contribution is -2.17. The molecule has 1 atom stereocenters. The van der Waals surface area contributed by atoms with E-state index < -0.39 is 0 Å². The highest BCUT2D eigenvalue weighted by Crippen LogP contribution is 2.20. The molecule has 0 heterocycles. The Balaban J connectivity index is 2.71. The van der Waals surface area contributed by atoms with Crippen LogP contribution in [0.1, 0.15) is 31.2 Å². The van der Waals surface area contributed by atoms with E-state index >= 15 is 0 Å². The van der Waals surface area contributed by atoms with Gasteiger partial charge in [0.2, 0.25) is 0 Å². The van der Waals surface area contributed by atoms with E-state index in [9.17, 15) is 4.39 Å². The number of benzene rings is 1. The Morgan fingerprint density at radius 1 is 1.29 bits per heavy atom. The van der Waals surface area contributed by atoms with Gasteiger partial charge in [0.15, 0.2) is 0 Å². The third-order valence-corrected chi connectivity index (χ3v) is 2.43. The van der Waals surface area contributed by atoms with E-state index in [-0.39, 0.29) is 5.82 Å². The Bertz CT molecular complexity index is 250. The van der Waals surface area contributed by atoms with Crippen LogP contribution in [-0.2, 0) is 0 Å². The summed E-state index contributed by atoms with van der Waals surface area (Å²) in [6.45, 7) is 3.13. The van der Waals surface area contributed by atoms with Crippen LogP contribution < -0.4 is 5.32 Å². The Morgan fingerprint density at radius 2 is 1.93 bits per heavy atom. The van der Waals surface area contributed by atoms with E-state index in [1.54, 1.807) is 0 Å². The third-order valence-electron chi connectivity index (χ3n) is 2.43. The van der Waals surface area contributed by atoms with Crippen molar-refractivity contribution in [3.8, 4) is 0 Å². The Hall–Kier alpha value is -0.890. The molecule has 0 bridgehead atoms. The van der Waals surface area contributed by atoms with Crippen molar-refractivity contribution < 1.29 is 4.39 Å². The second-order valence-electron chi connectivity index (χ2n) is 3.59. The highest BCUT2D eigenvalue weighted by molar-refractivity contribution is 5.20. The molecule has 0 spiro atoms. The van der Waals surface area contributed by atoms with Gasteiger partial charge in [-0.3, -0.25) is 0 Å². The largest absolute Gasteiger partial charge is 0.319 e. The maximum atomic E-state index is 12.7. The van der Waals surface area contributed by atoms with Crippen molar-refractivity contribution in [1.82, 2.24) is 5.32 Å². The van der Waals surface area contributed by atoms with Crippen molar-refractivity contribution in [3.05, 3.63) is 35.6 Å². The van der Waals surface area contributed by atoms with E-state index in [0.717, 1.165) is 19.4 Å². The smallest absolute Gasteiger partial charge is 0.123 e. The average molecular weight is 195 g/mol. The van der Waals surface area contributed by atoms with Gasteiger partial charge < -0.3 is 5.32 Å². The predicted molar refractivity (Wildman–Crippen MR) is 58.0 cm³/mol. The molecule has 1 rings (SSSR count). The van der Waals surface area contributed by atoms with Crippen LogP contribution in [0.4, 0.5) is 4.39 Å². The van der Waals surface area contributed by atoms with Gasteiger partial charge in [0.1, 0.15) is 5.82 Å². The lowest BCUT2D eigenvalue weighted by Gasteiger charge is -2.15. The SMILES string of the molecule is CCCC(CNC)c1ccc(F)cc1. The topological polar surface area (TPSA) is 12.0 Å². The van der Waals surface area contributed by atoms with Crippen LogP contribution in [0.2, 0.25) is 0 Å². The molecule has 2 heteroatoms. The number of hydrogen-bond donors (Lipinski definition) is 1. The normalized spacial score (nSPS) is 12.8. The molecular weight excluding hydrogens is 177 g/mol. The summed E-state index contributed by atoms with van der Waals surface area (Å²) >= 11 is 0. The maximum absolute atomic E-state index is 12.7. The second-order valence-corrected chi connectivity index (χ2v) is 3.59. The van der Waals surface area contributed by atoms with Crippen molar-refractivity contribution in [1.29, 1.82) is 0 Å². The minimum absolute atomic E-state index is 0.159. The van der Waals surface area contributed by atoms with Crippen LogP contribution in [0.15, 0.2) is 24.3 Å². The van der Waals surface area contributed by atoms with E-state index in [1.807, 2.05) is 19.2 Å². The van der Waals surface area contributed by atoms with Crippen molar-refractivity contribution in [2.45, 2.75) is 25.7 Å². The average Bonchev–Trinajstić information content (AvgIpc) is 2.19. The summed E-state index contributed by atoms with van der Waals surface area (Å²) in [6, 6.07) is 6.83. The van der Waals surface area contributed by atoms with Crippen LogP contribution in [-0.4, -0.2) is 13.6 Å². The minimum Gasteiger partial charge on any atom is -0.319 e. The molecule has 1 aromatic rings. The van der Waals surface area contributed by atoms with E-state index in [0.29, 0.717) is 5.92 Å². The van der Waals surface area contributed by atoms with Gasteiger partial charge in [-0.05, 0) is 37.1 Å². The first-order valence-electron chi connectivity index (χ1n) is 5.18. The molecule has 0 radical (unpaired) electrons. The molecule has 0 saturated heterocycles. The van der Waals surface area contributed by atoms with E-state index in [2.05, 4.69) is 12.2 Å². The highest BCUT2D eigenvalue weighted by Gasteiger charge is 2.08. The molecule has 0 aromatic heterocycles.